The molecule has 2 unspecified atom stereocenters. The molecule has 0 bridgehead atoms. The highest BCUT2D eigenvalue weighted by Gasteiger charge is 2.67. The predicted octanol–water partition coefficient (Wildman–Crippen LogP) is 0.111. The van der Waals surface area contributed by atoms with Crippen LogP contribution in [-0.2, 0) is 28.8 Å². The Kier molecular flexibility index (Phi) is 3.67. The van der Waals surface area contributed by atoms with Crippen LogP contribution in [0.2, 0.25) is 0 Å². The molecule has 2 rings (SSSR count). The van der Waals surface area contributed by atoms with Crippen molar-refractivity contribution in [1.82, 2.24) is 4.31 Å². The monoisotopic (exact) mass is 323 g/mol. The highest BCUT2D eigenvalue weighted by Crippen LogP contribution is 2.41. The molecule has 0 aromatic carbocycles. The number of carboxylic acid groups (broad SMARTS) is 1. The molecule has 0 spiro atoms. The first-order valence-electron chi connectivity index (χ1n) is 6.28. The van der Waals surface area contributed by atoms with Gasteiger partial charge in [0, 0.05) is 13.0 Å². The third kappa shape index (κ3) is 2.58. The van der Waals surface area contributed by atoms with Crippen molar-refractivity contribution in [2.24, 2.45) is 0 Å². The van der Waals surface area contributed by atoms with E-state index in [-0.39, 0.29) is 23.9 Å². The summed E-state index contributed by atoms with van der Waals surface area (Å²) >= 11 is 0. The molecule has 120 valence electrons. The number of hydrogen-bond donors (Lipinski definition) is 1. The lowest BCUT2D eigenvalue weighted by Gasteiger charge is -2.37. The third-order valence-electron chi connectivity index (χ3n) is 3.18. The number of fused-ring (bicyclic) bond motifs is 1. The largest absolute Gasteiger partial charge is 0.479 e. The molecule has 0 aromatic rings. The number of carbonyl (C=O) groups excluding carboxylic acids is 1. The zero-order chi connectivity index (χ0) is 16.1. The fraction of sp³-hybridized carbons (Fsp3) is 0.818. The molecule has 21 heavy (non-hydrogen) atoms. The zero-order valence-electron chi connectivity index (χ0n) is 11.9. The summed E-state index contributed by atoms with van der Waals surface area (Å²) in [5, 5.41) is 9.50. The maximum Gasteiger partial charge on any atom is 0.427 e. The minimum atomic E-state index is -4.55. The normalized spacial score (nSPS) is 31.6. The Balaban J connectivity index is 2.48. The van der Waals surface area contributed by atoms with Gasteiger partial charge in [-0.2, -0.15) is 12.7 Å². The Morgan fingerprint density at radius 2 is 2.00 bits per heavy atom. The van der Waals surface area contributed by atoms with Crippen molar-refractivity contribution in [1.29, 1.82) is 0 Å². The van der Waals surface area contributed by atoms with Gasteiger partial charge < -0.3 is 14.6 Å². The van der Waals surface area contributed by atoms with Gasteiger partial charge >= 0.3 is 22.4 Å². The van der Waals surface area contributed by atoms with Gasteiger partial charge in [0.2, 0.25) is 0 Å². The van der Waals surface area contributed by atoms with Gasteiger partial charge in [0.1, 0.15) is 11.7 Å². The molecule has 9 nitrogen and oxygen atoms in total. The second-order valence-electron chi connectivity index (χ2n) is 5.84. The van der Waals surface area contributed by atoms with E-state index in [2.05, 4.69) is 0 Å². The van der Waals surface area contributed by atoms with Gasteiger partial charge in [-0.05, 0) is 20.8 Å². The predicted molar refractivity (Wildman–Crippen MR) is 67.7 cm³/mol. The average Bonchev–Trinajstić information content (AvgIpc) is 2.53. The lowest BCUT2D eigenvalue weighted by molar-refractivity contribution is -0.158. The molecule has 0 aliphatic carbocycles. The number of ether oxygens (including phenoxy) is 2. The molecule has 1 amide bonds. The molecule has 2 atom stereocenters. The van der Waals surface area contributed by atoms with Crippen LogP contribution in [0.25, 0.3) is 0 Å². The van der Waals surface area contributed by atoms with Crippen LogP contribution in [0.15, 0.2) is 0 Å². The van der Waals surface area contributed by atoms with Gasteiger partial charge in [-0.3, -0.25) is 0 Å². The summed E-state index contributed by atoms with van der Waals surface area (Å²) in [6, 6.07) is 0. The van der Waals surface area contributed by atoms with Crippen molar-refractivity contribution in [3.8, 4) is 0 Å². The fourth-order valence-electron chi connectivity index (χ4n) is 2.34. The molecule has 2 heterocycles. The third-order valence-corrected chi connectivity index (χ3v) is 4.58. The summed E-state index contributed by atoms with van der Waals surface area (Å²) in [5.41, 5.74) is -3.00. The summed E-state index contributed by atoms with van der Waals surface area (Å²) in [6.07, 6.45) is -2.76. The topological polar surface area (TPSA) is 119 Å². The number of hydrogen-bond acceptors (Lipinski definition) is 7. The minimum absolute atomic E-state index is 0.000970. The van der Waals surface area contributed by atoms with Crippen LogP contribution in [0, 0.1) is 0 Å². The van der Waals surface area contributed by atoms with Gasteiger partial charge in [-0.25, -0.2) is 13.8 Å². The van der Waals surface area contributed by atoms with Gasteiger partial charge in [-0.15, -0.1) is 0 Å². The van der Waals surface area contributed by atoms with E-state index in [4.69, 9.17) is 13.7 Å². The Hall–Kier alpha value is -1.39. The highest BCUT2D eigenvalue weighted by atomic mass is 32.2. The number of rotatable bonds is 1. The minimum Gasteiger partial charge on any atom is -0.479 e. The van der Waals surface area contributed by atoms with E-state index in [0.717, 1.165) is 0 Å². The quantitative estimate of drug-likeness (QED) is 0.722. The first kappa shape index (κ1) is 16.0. The average molecular weight is 323 g/mol. The van der Waals surface area contributed by atoms with Crippen molar-refractivity contribution in [2.75, 3.05) is 13.2 Å². The summed E-state index contributed by atoms with van der Waals surface area (Å²) in [7, 11) is -4.55. The molecule has 2 aliphatic rings. The van der Waals surface area contributed by atoms with Crippen molar-refractivity contribution < 1.29 is 36.8 Å². The number of aliphatic carboxylic acids is 1. The van der Waals surface area contributed by atoms with E-state index in [0.29, 0.717) is 0 Å². The van der Waals surface area contributed by atoms with Crippen LogP contribution in [0.5, 0.6) is 0 Å². The second-order valence-corrected chi connectivity index (χ2v) is 7.25. The first-order chi connectivity index (χ1) is 9.51. The maximum atomic E-state index is 12.2. The van der Waals surface area contributed by atoms with E-state index in [1.54, 1.807) is 20.8 Å². The molecule has 0 saturated carbocycles. The summed E-state index contributed by atoms with van der Waals surface area (Å²) in [4.78, 5) is 23.9. The highest BCUT2D eigenvalue weighted by molar-refractivity contribution is 7.85. The lowest BCUT2D eigenvalue weighted by Crippen LogP contribution is -2.63. The Morgan fingerprint density at radius 1 is 1.38 bits per heavy atom. The summed E-state index contributed by atoms with van der Waals surface area (Å²) < 4.78 is 39.1. The van der Waals surface area contributed by atoms with E-state index in [1.807, 2.05) is 0 Å². The van der Waals surface area contributed by atoms with E-state index in [1.165, 1.54) is 0 Å². The summed E-state index contributed by atoms with van der Waals surface area (Å²) in [5.74, 6) is -1.47. The van der Waals surface area contributed by atoms with Crippen molar-refractivity contribution in [2.45, 2.75) is 44.4 Å². The second kappa shape index (κ2) is 4.82. The lowest BCUT2D eigenvalue weighted by atomic mass is 9.87. The summed E-state index contributed by atoms with van der Waals surface area (Å²) in [6.45, 7) is 4.40. The molecule has 0 radical (unpaired) electrons. The zero-order valence-corrected chi connectivity index (χ0v) is 12.7. The number of amides is 1. The van der Waals surface area contributed by atoms with Crippen molar-refractivity contribution in [3.05, 3.63) is 0 Å². The first-order valence-corrected chi connectivity index (χ1v) is 7.65. The van der Waals surface area contributed by atoms with Crippen LogP contribution in [0.4, 0.5) is 4.79 Å². The molecule has 1 N–H and O–H groups in total. The van der Waals surface area contributed by atoms with Crippen LogP contribution in [0.3, 0.4) is 0 Å². The van der Waals surface area contributed by atoms with E-state index >= 15 is 0 Å². The number of nitrogens with zero attached hydrogens (tertiary/aromatic N) is 1. The van der Waals surface area contributed by atoms with Gasteiger partial charge in [0.15, 0.2) is 5.54 Å². The Bertz CT molecular complexity index is 565. The Labute approximate surface area is 122 Å². The molecule has 0 aromatic heterocycles. The van der Waals surface area contributed by atoms with Crippen LogP contribution in [0.1, 0.15) is 27.2 Å². The SMILES string of the molecule is CC(C)(C)OC(=O)N1C2(C(=O)O)CCOCC2OS1(=O)=O. The van der Waals surface area contributed by atoms with Crippen LogP contribution < -0.4 is 0 Å². The number of carbonyl (C=O) groups is 2. The molecule has 10 heteroatoms. The molecule has 2 fully saturated rings. The van der Waals surface area contributed by atoms with E-state index in [9.17, 15) is 23.1 Å². The molecular weight excluding hydrogens is 306 g/mol. The standard InChI is InChI=1S/C11H17NO8S/c1-10(2,3)19-9(15)12-11(8(13)14)4-5-18-6-7(11)20-21(12,16)17/h7H,4-6H2,1-3H3,(H,13,14). The van der Waals surface area contributed by atoms with Gasteiger partial charge in [-0.1, -0.05) is 0 Å². The van der Waals surface area contributed by atoms with Crippen LogP contribution >= 0.6 is 0 Å². The van der Waals surface area contributed by atoms with Crippen LogP contribution in [-0.4, -0.2) is 60.3 Å². The molecule has 2 saturated heterocycles. The van der Waals surface area contributed by atoms with E-state index < -0.39 is 39.6 Å². The van der Waals surface area contributed by atoms with Gasteiger partial charge in [0.05, 0.1) is 6.61 Å². The maximum absolute atomic E-state index is 12.2. The smallest absolute Gasteiger partial charge is 0.427 e. The Morgan fingerprint density at radius 3 is 2.52 bits per heavy atom. The molecule has 2 aliphatic heterocycles. The van der Waals surface area contributed by atoms with Gasteiger partial charge in [0.25, 0.3) is 0 Å². The fourth-order valence-corrected chi connectivity index (χ4v) is 3.84. The number of carboxylic acids is 1. The molecular formula is C11H17NO8S. The van der Waals surface area contributed by atoms with Crippen molar-refractivity contribution in [3.63, 3.8) is 0 Å². The van der Waals surface area contributed by atoms with Crippen molar-refractivity contribution >= 4 is 22.4 Å².